The van der Waals surface area contributed by atoms with Crippen molar-refractivity contribution in [1.29, 1.82) is 5.41 Å². The van der Waals surface area contributed by atoms with E-state index < -0.39 is 6.09 Å². The molecule has 0 saturated carbocycles. The minimum absolute atomic E-state index is 0.0279. The van der Waals surface area contributed by atoms with Crippen molar-refractivity contribution in [1.82, 2.24) is 4.98 Å². The SMILES string of the molecule is CCOC(=O)CCN(C(=O)Oc1ccc2sc(CNc3ccc(C(=N)N)cc3)nc2c1)c1ccccc1. The van der Waals surface area contributed by atoms with Gasteiger partial charge in [0.2, 0.25) is 0 Å². The van der Waals surface area contributed by atoms with E-state index in [-0.39, 0.29) is 31.4 Å². The van der Waals surface area contributed by atoms with E-state index in [0.29, 0.717) is 23.5 Å². The Balaban J connectivity index is 1.43. The number of anilines is 2. The maximum atomic E-state index is 13.1. The van der Waals surface area contributed by atoms with Gasteiger partial charge in [-0.3, -0.25) is 15.1 Å². The molecule has 4 N–H and O–H groups in total. The van der Waals surface area contributed by atoms with Crippen molar-refractivity contribution >= 4 is 50.8 Å². The van der Waals surface area contributed by atoms with Crippen LogP contribution in [0.5, 0.6) is 5.75 Å². The number of nitrogens with zero attached hydrogens (tertiary/aromatic N) is 2. The predicted octanol–water partition coefficient (Wildman–Crippen LogP) is 5.15. The second kappa shape index (κ2) is 12.0. The second-order valence-corrected chi connectivity index (χ2v) is 9.11. The maximum Gasteiger partial charge on any atom is 0.419 e. The molecule has 0 aliphatic carbocycles. The minimum Gasteiger partial charge on any atom is -0.466 e. The average molecular weight is 518 g/mol. The number of rotatable bonds is 10. The fourth-order valence-electron chi connectivity index (χ4n) is 3.57. The number of hydrogen-bond donors (Lipinski definition) is 3. The zero-order valence-corrected chi connectivity index (χ0v) is 21.1. The van der Waals surface area contributed by atoms with Crippen molar-refractivity contribution < 1.29 is 19.1 Å². The summed E-state index contributed by atoms with van der Waals surface area (Å²) in [6.07, 6.45) is -0.544. The molecule has 4 aromatic rings. The molecule has 0 bridgehead atoms. The lowest BCUT2D eigenvalue weighted by Crippen LogP contribution is -2.35. The highest BCUT2D eigenvalue weighted by atomic mass is 32.1. The molecule has 0 spiro atoms. The molecule has 0 fully saturated rings. The summed E-state index contributed by atoms with van der Waals surface area (Å²) in [6.45, 7) is 2.67. The Kier molecular flexibility index (Phi) is 8.32. The fraction of sp³-hybridized carbons (Fsp3) is 0.185. The quantitative estimate of drug-likeness (QED) is 0.151. The number of nitrogens with two attached hydrogens (primary N) is 1. The van der Waals surface area contributed by atoms with Crippen LogP contribution in [0.1, 0.15) is 23.9 Å². The van der Waals surface area contributed by atoms with E-state index in [1.807, 2.05) is 36.4 Å². The molecule has 37 heavy (non-hydrogen) atoms. The number of benzene rings is 3. The number of carbonyl (C=O) groups excluding carboxylic acids is 2. The molecule has 1 heterocycles. The van der Waals surface area contributed by atoms with Gasteiger partial charge in [-0.15, -0.1) is 11.3 Å². The molecule has 4 rings (SSSR count). The second-order valence-electron chi connectivity index (χ2n) is 7.99. The van der Waals surface area contributed by atoms with Gasteiger partial charge in [0.1, 0.15) is 16.6 Å². The molecule has 0 saturated heterocycles. The normalized spacial score (nSPS) is 10.6. The molecule has 0 aliphatic rings. The Morgan fingerprint density at radius 2 is 1.84 bits per heavy atom. The number of amidine groups is 1. The smallest absolute Gasteiger partial charge is 0.419 e. The first-order chi connectivity index (χ1) is 17.9. The van der Waals surface area contributed by atoms with Crippen LogP contribution in [-0.4, -0.2) is 36.0 Å². The molecule has 0 atom stereocenters. The molecular formula is C27H27N5O4S. The van der Waals surface area contributed by atoms with Gasteiger partial charge < -0.3 is 20.5 Å². The van der Waals surface area contributed by atoms with Crippen LogP contribution in [0.3, 0.4) is 0 Å². The summed E-state index contributed by atoms with van der Waals surface area (Å²) >= 11 is 1.54. The van der Waals surface area contributed by atoms with Gasteiger partial charge in [0.25, 0.3) is 0 Å². The topological polar surface area (TPSA) is 131 Å². The van der Waals surface area contributed by atoms with Crippen LogP contribution in [0.4, 0.5) is 16.2 Å². The van der Waals surface area contributed by atoms with Crippen LogP contribution in [0.15, 0.2) is 72.8 Å². The number of amides is 1. The lowest BCUT2D eigenvalue weighted by Gasteiger charge is -2.21. The minimum atomic E-state index is -0.596. The summed E-state index contributed by atoms with van der Waals surface area (Å²) in [4.78, 5) is 31.0. The van der Waals surface area contributed by atoms with E-state index >= 15 is 0 Å². The van der Waals surface area contributed by atoms with Crippen LogP contribution in [0.25, 0.3) is 10.2 Å². The average Bonchev–Trinajstić information content (AvgIpc) is 3.31. The van der Waals surface area contributed by atoms with Crippen molar-refractivity contribution in [3.05, 3.63) is 83.4 Å². The molecule has 0 unspecified atom stereocenters. The van der Waals surface area contributed by atoms with E-state index in [1.54, 1.807) is 54.7 Å². The van der Waals surface area contributed by atoms with Crippen LogP contribution in [0.2, 0.25) is 0 Å². The lowest BCUT2D eigenvalue weighted by molar-refractivity contribution is -0.142. The van der Waals surface area contributed by atoms with Gasteiger partial charge >= 0.3 is 12.1 Å². The Morgan fingerprint density at radius 3 is 2.54 bits per heavy atom. The van der Waals surface area contributed by atoms with Crippen molar-refractivity contribution in [3.63, 3.8) is 0 Å². The maximum absolute atomic E-state index is 13.1. The summed E-state index contributed by atoms with van der Waals surface area (Å²) in [5.41, 5.74) is 8.40. The van der Waals surface area contributed by atoms with Gasteiger partial charge in [-0.05, 0) is 55.5 Å². The third-order valence-electron chi connectivity index (χ3n) is 5.38. The Bertz CT molecular complexity index is 1390. The lowest BCUT2D eigenvalue weighted by atomic mass is 10.2. The van der Waals surface area contributed by atoms with Gasteiger partial charge in [0, 0.05) is 29.5 Å². The number of hydrogen-bond acceptors (Lipinski definition) is 8. The number of para-hydroxylation sites is 1. The number of carbonyl (C=O) groups is 2. The summed E-state index contributed by atoms with van der Waals surface area (Å²) < 4.78 is 11.6. The molecule has 190 valence electrons. The zero-order valence-electron chi connectivity index (χ0n) is 20.3. The van der Waals surface area contributed by atoms with Crippen molar-refractivity contribution in [2.75, 3.05) is 23.4 Å². The van der Waals surface area contributed by atoms with Crippen molar-refractivity contribution in [3.8, 4) is 5.75 Å². The fourth-order valence-corrected chi connectivity index (χ4v) is 4.45. The number of nitrogens with one attached hydrogen (secondary N) is 2. The first kappa shape index (κ1) is 25.6. The van der Waals surface area contributed by atoms with Crippen molar-refractivity contribution in [2.24, 2.45) is 5.73 Å². The summed E-state index contributed by atoms with van der Waals surface area (Å²) in [6, 6.07) is 21.7. The number of nitrogen functional groups attached to an aromatic ring is 1. The van der Waals surface area contributed by atoms with Gasteiger partial charge in [-0.2, -0.15) is 0 Å². The van der Waals surface area contributed by atoms with Crippen molar-refractivity contribution in [2.45, 2.75) is 19.9 Å². The predicted molar refractivity (Wildman–Crippen MR) is 145 cm³/mol. The van der Waals surface area contributed by atoms with Gasteiger partial charge in [-0.25, -0.2) is 9.78 Å². The zero-order chi connectivity index (χ0) is 26.2. The third kappa shape index (κ3) is 6.83. The summed E-state index contributed by atoms with van der Waals surface area (Å²) in [5.74, 6) is 0.00960. The van der Waals surface area contributed by atoms with Gasteiger partial charge in [0.05, 0.1) is 29.8 Å². The number of ether oxygens (including phenoxy) is 2. The Labute approximate surface area is 218 Å². The van der Waals surface area contributed by atoms with Gasteiger partial charge in [-0.1, -0.05) is 18.2 Å². The van der Waals surface area contributed by atoms with Gasteiger partial charge in [0.15, 0.2) is 0 Å². The highest BCUT2D eigenvalue weighted by Crippen LogP contribution is 2.27. The van der Waals surface area contributed by atoms with Crippen LogP contribution in [0, 0.1) is 5.41 Å². The molecular weight excluding hydrogens is 490 g/mol. The number of fused-ring (bicyclic) bond motifs is 1. The van der Waals surface area contributed by atoms with E-state index in [9.17, 15) is 9.59 Å². The van der Waals surface area contributed by atoms with Crippen LogP contribution in [-0.2, 0) is 16.1 Å². The first-order valence-corrected chi connectivity index (χ1v) is 12.5. The first-order valence-electron chi connectivity index (χ1n) is 11.7. The Morgan fingerprint density at radius 1 is 1.08 bits per heavy atom. The number of esters is 1. The highest BCUT2D eigenvalue weighted by molar-refractivity contribution is 7.18. The standard InChI is InChI=1S/C27H27N5O4S/c1-2-35-25(33)14-15-32(20-6-4-3-5-7-20)27(34)36-21-12-13-23-22(16-21)31-24(37-23)17-30-19-10-8-18(9-11-19)26(28)29/h3-13,16,30H,2,14-15,17H2,1H3,(H3,28,29). The van der Waals surface area contributed by atoms with Crippen LogP contribution < -0.4 is 20.7 Å². The molecule has 1 amide bonds. The monoisotopic (exact) mass is 517 g/mol. The number of thiazole rings is 1. The molecule has 3 aromatic carbocycles. The van der Waals surface area contributed by atoms with E-state index in [4.69, 9.17) is 20.6 Å². The molecule has 0 radical (unpaired) electrons. The third-order valence-corrected chi connectivity index (χ3v) is 6.42. The Hall–Kier alpha value is -4.44. The molecule has 0 aliphatic heterocycles. The molecule has 9 nitrogen and oxygen atoms in total. The van der Waals surface area contributed by atoms with E-state index in [0.717, 1.165) is 20.9 Å². The molecule has 10 heteroatoms. The van der Waals surface area contributed by atoms with E-state index in [1.165, 1.54) is 4.90 Å². The van der Waals surface area contributed by atoms with E-state index in [2.05, 4.69) is 10.3 Å². The van der Waals surface area contributed by atoms with Crippen LogP contribution >= 0.6 is 11.3 Å². The summed E-state index contributed by atoms with van der Waals surface area (Å²) in [7, 11) is 0. The highest BCUT2D eigenvalue weighted by Gasteiger charge is 2.20. The molecule has 1 aromatic heterocycles. The summed E-state index contributed by atoms with van der Waals surface area (Å²) in [5, 5.41) is 11.7. The largest absolute Gasteiger partial charge is 0.466 e. The number of aromatic nitrogens is 1.